The Morgan fingerprint density at radius 2 is 2.13 bits per heavy atom. The van der Waals surface area contributed by atoms with E-state index in [2.05, 4.69) is 15.9 Å². The molecule has 0 unspecified atom stereocenters. The smallest absolute Gasteiger partial charge is 0.258 e. The van der Waals surface area contributed by atoms with Crippen molar-refractivity contribution < 1.29 is 9.50 Å². The zero-order chi connectivity index (χ0) is 17.1. The fraction of sp³-hybridized carbons (Fsp3) is 0.250. The predicted octanol–water partition coefficient (Wildman–Crippen LogP) is 3.46. The van der Waals surface area contributed by atoms with Crippen LogP contribution in [0.1, 0.15) is 23.6 Å². The molecule has 1 aromatic heterocycles. The van der Waals surface area contributed by atoms with Gasteiger partial charge in [-0.3, -0.25) is 9.36 Å². The van der Waals surface area contributed by atoms with Gasteiger partial charge in [0.1, 0.15) is 5.82 Å². The maximum atomic E-state index is 13.6. The standard InChI is InChI=1S/C16H13BrFIN2O2/c1-2-10-11(3-4-20)9(8-22)7-21(16(10)23)15-6-14(19)13(18)5-12(15)17/h5-7,22H,2-3,8H2,1H3. The Morgan fingerprint density at radius 1 is 1.43 bits per heavy atom. The first-order valence-electron chi connectivity index (χ1n) is 6.83. The Bertz CT molecular complexity index is 859. The first kappa shape index (κ1) is 18.1. The Balaban J connectivity index is 2.82. The molecular weight excluding hydrogens is 478 g/mol. The lowest BCUT2D eigenvalue weighted by Crippen LogP contribution is -2.25. The third kappa shape index (κ3) is 3.49. The summed E-state index contributed by atoms with van der Waals surface area (Å²) >= 11 is 5.13. The monoisotopic (exact) mass is 490 g/mol. The number of aromatic nitrogens is 1. The number of aliphatic hydroxyl groups excluding tert-OH is 1. The molecule has 0 aliphatic rings. The molecule has 0 atom stereocenters. The van der Waals surface area contributed by atoms with Gasteiger partial charge in [-0.05, 0) is 68.2 Å². The van der Waals surface area contributed by atoms with Crippen LogP contribution in [0.5, 0.6) is 0 Å². The molecule has 4 nitrogen and oxygen atoms in total. The van der Waals surface area contributed by atoms with Crippen LogP contribution in [0.3, 0.4) is 0 Å². The Kier molecular flexibility index (Phi) is 5.95. The Morgan fingerprint density at radius 3 is 2.70 bits per heavy atom. The maximum absolute atomic E-state index is 13.6. The van der Waals surface area contributed by atoms with E-state index in [1.54, 1.807) is 6.07 Å². The Hall–Kier alpha value is -1.24. The summed E-state index contributed by atoms with van der Waals surface area (Å²) in [6, 6.07) is 4.89. The van der Waals surface area contributed by atoms with Gasteiger partial charge < -0.3 is 5.11 Å². The van der Waals surface area contributed by atoms with Crippen LogP contribution in [0, 0.1) is 20.7 Å². The molecule has 0 spiro atoms. The van der Waals surface area contributed by atoms with Gasteiger partial charge in [0, 0.05) is 16.2 Å². The topological polar surface area (TPSA) is 66.0 Å². The number of halogens is 3. The van der Waals surface area contributed by atoms with E-state index in [9.17, 15) is 14.3 Å². The Labute approximate surface area is 154 Å². The van der Waals surface area contributed by atoms with Crippen LogP contribution in [0.15, 0.2) is 27.6 Å². The van der Waals surface area contributed by atoms with Crippen molar-refractivity contribution in [2.45, 2.75) is 26.4 Å². The third-order valence-electron chi connectivity index (χ3n) is 3.54. The summed E-state index contributed by atoms with van der Waals surface area (Å²) in [4.78, 5) is 12.8. The molecule has 0 radical (unpaired) electrons. The molecule has 1 aromatic carbocycles. The van der Waals surface area contributed by atoms with Crippen molar-refractivity contribution in [1.82, 2.24) is 4.57 Å². The highest BCUT2D eigenvalue weighted by atomic mass is 127. The van der Waals surface area contributed by atoms with Crippen LogP contribution in [-0.4, -0.2) is 9.67 Å². The molecule has 0 fully saturated rings. The minimum Gasteiger partial charge on any atom is -0.392 e. The molecule has 120 valence electrons. The second kappa shape index (κ2) is 7.55. The largest absolute Gasteiger partial charge is 0.392 e. The average molecular weight is 491 g/mol. The normalized spacial score (nSPS) is 10.6. The van der Waals surface area contributed by atoms with Gasteiger partial charge in [-0.15, -0.1) is 0 Å². The molecule has 23 heavy (non-hydrogen) atoms. The first-order valence-corrected chi connectivity index (χ1v) is 8.70. The lowest BCUT2D eigenvalue weighted by molar-refractivity contribution is 0.279. The second-order valence-corrected chi connectivity index (χ2v) is 6.87. The van der Waals surface area contributed by atoms with Crippen molar-refractivity contribution in [2.24, 2.45) is 0 Å². The fourth-order valence-electron chi connectivity index (χ4n) is 2.44. The van der Waals surface area contributed by atoms with Gasteiger partial charge in [0.2, 0.25) is 0 Å². The van der Waals surface area contributed by atoms with Crippen LogP contribution < -0.4 is 5.56 Å². The number of hydrogen-bond acceptors (Lipinski definition) is 3. The number of rotatable bonds is 4. The summed E-state index contributed by atoms with van der Waals surface area (Å²) in [5.74, 6) is -0.381. The highest BCUT2D eigenvalue weighted by molar-refractivity contribution is 14.1. The summed E-state index contributed by atoms with van der Waals surface area (Å²) in [5.41, 5.74) is 1.82. The molecule has 0 amide bonds. The van der Waals surface area contributed by atoms with Gasteiger partial charge in [0.15, 0.2) is 0 Å². The number of nitriles is 1. The molecule has 0 aliphatic carbocycles. The van der Waals surface area contributed by atoms with Gasteiger partial charge in [-0.2, -0.15) is 5.26 Å². The lowest BCUT2D eigenvalue weighted by atomic mass is 9.99. The van der Waals surface area contributed by atoms with E-state index in [4.69, 9.17) is 5.26 Å². The van der Waals surface area contributed by atoms with Crippen molar-refractivity contribution in [3.05, 3.63) is 59.2 Å². The summed E-state index contributed by atoms with van der Waals surface area (Å²) in [6.45, 7) is 1.55. The average Bonchev–Trinajstić information content (AvgIpc) is 2.52. The van der Waals surface area contributed by atoms with E-state index in [1.165, 1.54) is 16.8 Å². The molecule has 7 heteroatoms. The molecular formula is C16H13BrFIN2O2. The van der Waals surface area contributed by atoms with E-state index in [0.29, 0.717) is 36.8 Å². The molecule has 1 heterocycles. The summed E-state index contributed by atoms with van der Waals surface area (Å²) < 4.78 is 15.8. The van der Waals surface area contributed by atoms with Crippen LogP contribution in [0.4, 0.5) is 4.39 Å². The molecule has 1 N–H and O–H groups in total. The van der Waals surface area contributed by atoms with E-state index in [0.717, 1.165) is 0 Å². The molecule has 2 aromatic rings. The minimum absolute atomic E-state index is 0.0667. The van der Waals surface area contributed by atoms with Crippen molar-refractivity contribution >= 4 is 38.5 Å². The molecule has 0 saturated carbocycles. The van der Waals surface area contributed by atoms with Crippen molar-refractivity contribution in [1.29, 1.82) is 5.26 Å². The maximum Gasteiger partial charge on any atom is 0.258 e. The van der Waals surface area contributed by atoms with Crippen LogP contribution in [0.25, 0.3) is 5.69 Å². The quantitative estimate of drug-likeness (QED) is 0.527. The highest BCUT2D eigenvalue weighted by Gasteiger charge is 2.17. The fourth-order valence-corrected chi connectivity index (χ4v) is 3.39. The zero-order valence-electron chi connectivity index (χ0n) is 12.2. The van der Waals surface area contributed by atoms with Crippen LogP contribution in [0.2, 0.25) is 0 Å². The molecule has 0 bridgehead atoms. The predicted molar refractivity (Wildman–Crippen MR) is 97.0 cm³/mol. The zero-order valence-corrected chi connectivity index (χ0v) is 16.0. The van der Waals surface area contributed by atoms with Gasteiger partial charge >= 0.3 is 0 Å². The summed E-state index contributed by atoms with van der Waals surface area (Å²) in [6.07, 6.45) is 2.03. The van der Waals surface area contributed by atoms with Crippen LogP contribution in [-0.2, 0) is 19.4 Å². The third-order valence-corrected chi connectivity index (χ3v) is 5.00. The minimum atomic E-state index is -0.381. The highest BCUT2D eigenvalue weighted by Crippen LogP contribution is 2.26. The van der Waals surface area contributed by atoms with Crippen molar-refractivity contribution in [3.8, 4) is 11.8 Å². The molecule has 0 saturated heterocycles. The molecule has 2 rings (SSSR count). The van der Waals surface area contributed by atoms with E-state index < -0.39 is 0 Å². The number of nitrogens with zero attached hydrogens (tertiary/aromatic N) is 2. The van der Waals surface area contributed by atoms with Crippen LogP contribution >= 0.6 is 38.5 Å². The summed E-state index contributed by atoms with van der Waals surface area (Å²) in [5, 5.41) is 18.6. The molecule has 0 aliphatic heterocycles. The second-order valence-electron chi connectivity index (χ2n) is 4.85. The van der Waals surface area contributed by atoms with Gasteiger partial charge in [0.25, 0.3) is 5.56 Å². The van der Waals surface area contributed by atoms with Gasteiger partial charge in [-0.1, -0.05) is 6.92 Å². The van der Waals surface area contributed by atoms with Gasteiger partial charge in [-0.25, -0.2) is 4.39 Å². The van der Waals surface area contributed by atoms with Crippen molar-refractivity contribution in [3.63, 3.8) is 0 Å². The van der Waals surface area contributed by atoms with E-state index in [-0.39, 0.29) is 24.4 Å². The van der Waals surface area contributed by atoms with E-state index >= 15 is 0 Å². The number of hydrogen-bond donors (Lipinski definition) is 1. The van der Waals surface area contributed by atoms with Gasteiger partial charge in [0.05, 0.1) is 28.4 Å². The lowest BCUT2D eigenvalue weighted by Gasteiger charge is -2.16. The van der Waals surface area contributed by atoms with E-state index in [1.807, 2.05) is 35.6 Å². The van der Waals surface area contributed by atoms with Crippen molar-refractivity contribution in [2.75, 3.05) is 0 Å². The SMILES string of the molecule is CCc1c(CC#N)c(CO)cn(-c2cc(I)c(F)cc2Br)c1=O. The number of benzene rings is 1. The first-order chi connectivity index (χ1) is 10.9. The number of pyridine rings is 1. The summed E-state index contributed by atoms with van der Waals surface area (Å²) in [7, 11) is 0. The number of aliphatic hydroxyl groups is 1.